The van der Waals surface area contributed by atoms with E-state index in [4.69, 9.17) is 5.73 Å². The zero-order chi connectivity index (χ0) is 10.5. The van der Waals surface area contributed by atoms with Crippen LogP contribution < -0.4 is 11.1 Å². The largest absolute Gasteiger partial charge is 0.323 e. The topological polar surface area (TPSA) is 55.9 Å². The quantitative estimate of drug-likeness (QED) is 0.644. The lowest BCUT2D eigenvalue weighted by Crippen LogP contribution is -2.42. The number of nitrogens with one attached hydrogen (secondary N) is 1. The van der Waals surface area contributed by atoms with Gasteiger partial charge in [-0.3, -0.25) is 4.68 Å². The molecule has 15 heavy (non-hydrogen) atoms. The van der Waals surface area contributed by atoms with Crippen LogP contribution in [0.1, 0.15) is 30.1 Å². The summed E-state index contributed by atoms with van der Waals surface area (Å²) in [5.41, 5.74) is 9.20. The standard InChI is InChI=1S/C11H18N4/c1-15-7-8-9(14-15)6-11(10(8)12)2-4-13-5-3-11/h7,10,13H,2-6,12H2,1H3. The lowest BCUT2D eigenvalue weighted by molar-refractivity contribution is 0.172. The summed E-state index contributed by atoms with van der Waals surface area (Å²) in [6.07, 6.45) is 5.55. The maximum Gasteiger partial charge on any atom is 0.0678 e. The van der Waals surface area contributed by atoms with Crippen LogP contribution in [0.15, 0.2) is 6.20 Å². The molecule has 1 fully saturated rings. The summed E-state index contributed by atoms with van der Waals surface area (Å²) in [6, 6.07) is 0.197. The molecule has 4 heteroatoms. The number of aromatic nitrogens is 2. The number of fused-ring (bicyclic) bond motifs is 1. The minimum atomic E-state index is 0.197. The van der Waals surface area contributed by atoms with Crippen molar-refractivity contribution in [1.82, 2.24) is 15.1 Å². The zero-order valence-corrected chi connectivity index (χ0v) is 9.16. The van der Waals surface area contributed by atoms with Crippen molar-refractivity contribution in [2.75, 3.05) is 13.1 Å². The molecular weight excluding hydrogens is 188 g/mol. The number of aryl methyl sites for hydroxylation is 1. The summed E-state index contributed by atoms with van der Waals surface area (Å²) in [5, 5.41) is 7.91. The van der Waals surface area contributed by atoms with E-state index in [0.29, 0.717) is 5.41 Å². The van der Waals surface area contributed by atoms with Crippen LogP contribution in [-0.4, -0.2) is 22.9 Å². The summed E-state index contributed by atoms with van der Waals surface area (Å²) in [6.45, 7) is 2.20. The second-order valence-corrected chi connectivity index (χ2v) is 4.97. The Bertz CT molecular complexity index is 376. The highest BCUT2D eigenvalue weighted by Crippen LogP contribution is 2.49. The van der Waals surface area contributed by atoms with E-state index in [1.54, 1.807) is 0 Å². The molecule has 1 saturated heterocycles. The highest BCUT2D eigenvalue weighted by Gasteiger charge is 2.46. The summed E-state index contributed by atoms with van der Waals surface area (Å²) < 4.78 is 1.89. The predicted molar refractivity (Wildman–Crippen MR) is 58.4 cm³/mol. The molecule has 1 aromatic rings. The van der Waals surface area contributed by atoms with Crippen LogP contribution in [0, 0.1) is 5.41 Å². The van der Waals surface area contributed by atoms with Crippen LogP contribution in [0.2, 0.25) is 0 Å². The molecule has 0 radical (unpaired) electrons. The van der Waals surface area contributed by atoms with Gasteiger partial charge in [0.1, 0.15) is 0 Å². The van der Waals surface area contributed by atoms with E-state index in [1.807, 2.05) is 11.7 Å². The Morgan fingerprint density at radius 2 is 2.27 bits per heavy atom. The number of nitrogens with zero attached hydrogens (tertiary/aromatic N) is 2. The maximum absolute atomic E-state index is 6.39. The first-order valence-electron chi connectivity index (χ1n) is 5.70. The van der Waals surface area contributed by atoms with E-state index < -0.39 is 0 Å². The lowest BCUT2D eigenvalue weighted by Gasteiger charge is -2.37. The van der Waals surface area contributed by atoms with Crippen LogP contribution in [0.4, 0.5) is 0 Å². The minimum Gasteiger partial charge on any atom is -0.323 e. The first-order chi connectivity index (χ1) is 7.21. The van der Waals surface area contributed by atoms with E-state index in [1.165, 1.54) is 24.1 Å². The SMILES string of the molecule is Cn1cc2c(n1)CC1(CCNCC1)C2N. The average molecular weight is 206 g/mol. The van der Waals surface area contributed by atoms with Gasteiger partial charge in [0, 0.05) is 24.8 Å². The third kappa shape index (κ3) is 1.25. The minimum absolute atomic E-state index is 0.197. The molecular formula is C11H18N4. The lowest BCUT2D eigenvalue weighted by atomic mass is 9.74. The van der Waals surface area contributed by atoms with E-state index >= 15 is 0 Å². The van der Waals surface area contributed by atoms with E-state index in [-0.39, 0.29) is 6.04 Å². The molecule has 1 aliphatic carbocycles. The summed E-state index contributed by atoms with van der Waals surface area (Å²) >= 11 is 0. The van der Waals surface area contributed by atoms with Crippen molar-refractivity contribution in [2.45, 2.75) is 25.3 Å². The van der Waals surface area contributed by atoms with Crippen molar-refractivity contribution in [3.63, 3.8) is 0 Å². The van der Waals surface area contributed by atoms with E-state index in [9.17, 15) is 0 Å². The molecule has 3 rings (SSSR count). The third-order valence-electron chi connectivity index (χ3n) is 4.05. The molecule has 1 unspecified atom stereocenters. The van der Waals surface area contributed by atoms with Crippen molar-refractivity contribution in [3.8, 4) is 0 Å². The Morgan fingerprint density at radius 3 is 2.93 bits per heavy atom. The number of hydrogen-bond acceptors (Lipinski definition) is 3. The van der Waals surface area contributed by atoms with Crippen LogP contribution >= 0.6 is 0 Å². The fraction of sp³-hybridized carbons (Fsp3) is 0.727. The fourth-order valence-electron chi connectivity index (χ4n) is 3.14. The zero-order valence-electron chi connectivity index (χ0n) is 9.16. The second-order valence-electron chi connectivity index (χ2n) is 4.97. The molecule has 0 saturated carbocycles. The van der Waals surface area contributed by atoms with E-state index in [0.717, 1.165) is 19.5 Å². The van der Waals surface area contributed by atoms with Crippen LogP contribution in [0.25, 0.3) is 0 Å². The van der Waals surface area contributed by atoms with Gasteiger partial charge in [-0.2, -0.15) is 5.10 Å². The molecule has 1 atom stereocenters. The molecule has 2 heterocycles. The molecule has 4 nitrogen and oxygen atoms in total. The number of piperidine rings is 1. The fourth-order valence-corrected chi connectivity index (χ4v) is 3.14. The number of nitrogens with two attached hydrogens (primary N) is 1. The molecule has 82 valence electrons. The molecule has 3 N–H and O–H groups in total. The molecule has 0 bridgehead atoms. The van der Waals surface area contributed by atoms with Crippen molar-refractivity contribution < 1.29 is 0 Å². The average Bonchev–Trinajstić information content (AvgIpc) is 2.68. The number of hydrogen-bond donors (Lipinski definition) is 2. The molecule has 0 amide bonds. The Hall–Kier alpha value is -0.870. The highest BCUT2D eigenvalue weighted by atomic mass is 15.3. The van der Waals surface area contributed by atoms with Crippen molar-refractivity contribution >= 4 is 0 Å². The van der Waals surface area contributed by atoms with Crippen LogP contribution in [-0.2, 0) is 13.5 Å². The molecule has 0 aromatic carbocycles. The number of rotatable bonds is 0. The van der Waals surface area contributed by atoms with Gasteiger partial charge in [0.15, 0.2) is 0 Å². The Balaban J connectivity index is 1.95. The molecule has 1 spiro atoms. The van der Waals surface area contributed by atoms with E-state index in [2.05, 4.69) is 16.6 Å². The van der Waals surface area contributed by atoms with Crippen LogP contribution in [0.5, 0.6) is 0 Å². The summed E-state index contributed by atoms with van der Waals surface area (Å²) in [4.78, 5) is 0. The Labute approximate surface area is 89.8 Å². The van der Waals surface area contributed by atoms with Crippen molar-refractivity contribution in [3.05, 3.63) is 17.5 Å². The summed E-state index contributed by atoms with van der Waals surface area (Å²) in [5.74, 6) is 0. The normalized spacial score (nSPS) is 28.3. The first kappa shape index (κ1) is 9.36. The van der Waals surface area contributed by atoms with Gasteiger partial charge in [0.05, 0.1) is 5.69 Å². The van der Waals surface area contributed by atoms with Gasteiger partial charge in [0.2, 0.25) is 0 Å². The van der Waals surface area contributed by atoms with Crippen LogP contribution in [0.3, 0.4) is 0 Å². The highest BCUT2D eigenvalue weighted by molar-refractivity contribution is 5.32. The molecule has 1 aromatic heterocycles. The van der Waals surface area contributed by atoms with Gasteiger partial charge in [-0.25, -0.2) is 0 Å². The monoisotopic (exact) mass is 206 g/mol. The molecule has 1 aliphatic heterocycles. The van der Waals surface area contributed by atoms with Crippen molar-refractivity contribution in [2.24, 2.45) is 18.2 Å². The smallest absolute Gasteiger partial charge is 0.0678 e. The van der Waals surface area contributed by atoms with Gasteiger partial charge < -0.3 is 11.1 Å². The third-order valence-corrected chi connectivity index (χ3v) is 4.05. The van der Waals surface area contributed by atoms with Gasteiger partial charge in [-0.15, -0.1) is 0 Å². The summed E-state index contributed by atoms with van der Waals surface area (Å²) in [7, 11) is 1.97. The van der Waals surface area contributed by atoms with Gasteiger partial charge in [0.25, 0.3) is 0 Å². The van der Waals surface area contributed by atoms with Gasteiger partial charge in [-0.05, 0) is 37.8 Å². The molecule has 2 aliphatic rings. The first-order valence-corrected chi connectivity index (χ1v) is 5.70. The van der Waals surface area contributed by atoms with Crippen molar-refractivity contribution in [1.29, 1.82) is 0 Å². The predicted octanol–water partition coefficient (Wildman–Crippen LogP) is 0.346. The van der Waals surface area contributed by atoms with Gasteiger partial charge in [-0.1, -0.05) is 0 Å². The second kappa shape index (κ2) is 3.06. The Morgan fingerprint density at radius 1 is 1.53 bits per heavy atom. The Kier molecular flexibility index (Phi) is 1.91. The maximum atomic E-state index is 6.39. The van der Waals surface area contributed by atoms with Gasteiger partial charge >= 0.3 is 0 Å².